The zero-order valence-electron chi connectivity index (χ0n) is 18.8. The van der Waals surface area contributed by atoms with E-state index in [1.165, 1.54) is 24.3 Å². The molecule has 0 radical (unpaired) electrons. The van der Waals surface area contributed by atoms with Crippen molar-refractivity contribution in [3.8, 4) is 16.9 Å². The molecule has 0 spiro atoms. The molecule has 4 aromatic rings. The number of benzene rings is 4. The number of phenols is 1. The van der Waals surface area contributed by atoms with Crippen LogP contribution < -0.4 is 4.31 Å². The third kappa shape index (κ3) is 3.88. The molecule has 5 rings (SSSR count). The third-order valence-corrected chi connectivity index (χ3v) is 8.04. The molecule has 34 heavy (non-hydrogen) atoms. The summed E-state index contributed by atoms with van der Waals surface area (Å²) >= 11 is 0. The summed E-state index contributed by atoms with van der Waals surface area (Å²) in [4.78, 5) is 0.155. The van der Waals surface area contributed by atoms with Crippen molar-refractivity contribution in [2.24, 2.45) is 0 Å². The highest BCUT2D eigenvalue weighted by Crippen LogP contribution is 2.48. The smallest absolute Gasteiger partial charge is 0.264 e. The lowest BCUT2D eigenvalue weighted by Crippen LogP contribution is -2.37. The van der Waals surface area contributed by atoms with E-state index in [0.717, 1.165) is 27.8 Å². The molecule has 5 heteroatoms. The van der Waals surface area contributed by atoms with Gasteiger partial charge in [-0.3, -0.25) is 4.31 Å². The molecule has 1 unspecified atom stereocenters. The van der Waals surface area contributed by atoms with Crippen LogP contribution in [0.5, 0.6) is 5.75 Å². The van der Waals surface area contributed by atoms with Gasteiger partial charge in [0.1, 0.15) is 5.75 Å². The van der Waals surface area contributed by atoms with Gasteiger partial charge in [0.15, 0.2) is 0 Å². The number of phenolic OH excluding ortho intramolecular Hbond substituents is 1. The van der Waals surface area contributed by atoms with Gasteiger partial charge in [-0.25, -0.2) is 8.42 Å². The largest absolute Gasteiger partial charge is 0.508 e. The van der Waals surface area contributed by atoms with Crippen LogP contribution in [0.2, 0.25) is 0 Å². The minimum atomic E-state index is -3.86. The van der Waals surface area contributed by atoms with E-state index in [-0.39, 0.29) is 16.7 Å². The monoisotopic (exact) mass is 467 g/mol. The van der Waals surface area contributed by atoms with Crippen molar-refractivity contribution < 1.29 is 13.5 Å². The van der Waals surface area contributed by atoms with Gasteiger partial charge in [0.25, 0.3) is 10.0 Å². The maximum Gasteiger partial charge on any atom is 0.264 e. The highest BCUT2D eigenvalue weighted by Gasteiger charge is 2.38. The molecule has 1 N–H and O–H groups in total. The summed E-state index contributed by atoms with van der Waals surface area (Å²) in [7, 11) is -3.86. The summed E-state index contributed by atoms with van der Waals surface area (Å²) in [5.74, 6) is 0.0326. The molecule has 0 saturated carbocycles. The molecule has 0 aliphatic carbocycles. The van der Waals surface area contributed by atoms with Crippen molar-refractivity contribution in [2.45, 2.75) is 24.3 Å². The maximum absolute atomic E-state index is 13.9. The molecule has 1 aliphatic heterocycles. The first-order valence-corrected chi connectivity index (χ1v) is 12.7. The number of hydrogen-bond donors (Lipinski definition) is 1. The predicted molar refractivity (Wildman–Crippen MR) is 138 cm³/mol. The quantitative estimate of drug-likeness (QED) is 0.325. The maximum atomic E-state index is 13.9. The predicted octanol–water partition coefficient (Wildman–Crippen LogP) is 6.89. The Labute approximate surface area is 200 Å². The van der Waals surface area contributed by atoms with Crippen molar-refractivity contribution in [3.63, 3.8) is 0 Å². The highest BCUT2D eigenvalue weighted by molar-refractivity contribution is 7.92. The molecule has 4 aromatic carbocycles. The van der Waals surface area contributed by atoms with E-state index in [0.29, 0.717) is 12.1 Å². The van der Waals surface area contributed by atoms with Crippen LogP contribution in [0.25, 0.3) is 23.3 Å². The average Bonchev–Trinajstić information content (AvgIpc) is 2.87. The van der Waals surface area contributed by atoms with Crippen molar-refractivity contribution in [1.29, 1.82) is 0 Å². The SMILES string of the molecule is CCC1c2ccccc2-c2cc(C=Cc3ccccc3)ccc2N1S(=O)(=O)c1ccc(O)cc1. The number of anilines is 1. The molecule has 0 aromatic heterocycles. The van der Waals surface area contributed by atoms with Gasteiger partial charge in [0, 0.05) is 5.56 Å². The second-order valence-electron chi connectivity index (χ2n) is 8.33. The fraction of sp³-hybridized carbons (Fsp3) is 0.103. The lowest BCUT2D eigenvalue weighted by atomic mass is 9.88. The van der Waals surface area contributed by atoms with Gasteiger partial charge in [0.2, 0.25) is 0 Å². The Hall–Kier alpha value is -3.83. The molecular weight excluding hydrogens is 442 g/mol. The average molecular weight is 468 g/mol. The van der Waals surface area contributed by atoms with Gasteiger partial charge < -0.3 is 5.11 Å². The Morgan fingerprint density at radius 1 is 0.794 bits per heavy atom. The fourth-order valence-corrected chi connectivity index (χ4v) is 6.29. The summed E-state index contributed by atoms with van der Waals surface area (Å²) in [5.41, 5.74) is 5.69. The Morgan fingerprint density at radius 2 is 1.47 bits per heavy atom. The molecular formula is C29H25NO3S. The molecule has 0 amide bonds. The molecule has 4 nitrogen and oxygen atoms in total. The van der Waals surface area contributed by atoms with Crippen LogP contribution in [0.1, 0.15) is 36.1 Å². The number of sulfonamides is 1. The Kier molecular flexibility index (Phi) is 5.72. The summed E-state index contributed by atoms with van der Waals surface area (Å²) in [6.07, 6.45) is 4.72. The lowest BCUT2D eigenvalue weighted by Gasteiger charge is -2.39. The first-order chi connectivity index (χ1) is 16.5. The van der Waals surface area contributed by atoms with Crippen molar-refractivity contribution in [2.75, 3.05) is 4.31 Å². The van der Waals surface area contributed by atoms with Gasteiger partial charge in [-0.05, 0) is 65.1 Å². The Bertz CT molecular complexity index is 1460. The van der Waals surface area contributed by atoms with Crippen LogP contribution in [0.3, 0.4) is 0 Å². The highest BCUT2D eigenvalue weighted by atomic mass is 32.2. The molecule has 0 fully saturated rings. The summed E-state index contributed by atoms with van der Waals surface area (Å²) < 4.78 is 29.3. The van der Waals surface area contributed by atoms with Gasteiger partial charge in [-0.15, -0.1) is 0 Å². The molecule has 170 valence electrons. The van der Waals surface area contributed by atoms with E-state index < -0.39 is 10.0 Å². The van der Waals surface area contributed by atoms with Crippen LogP contribution in [0.4, 0.5) is 5.69 Å². The lowest BCUT2D eigenvalue weighted by molar-refractivity contribution is 0.474. The molecule has 1 atom stereocenters. The molecule has 1 aliphatic rings. The van der Waals surface area contributed by atoms with Crippen molar-refractivity contribution in [3.05, 3.63) is 114 Å². The minimum Gasteiger partial charge on any atom is -0.508 e. The fourth-order valence-electron chi connectivity index (χ4n) is 4.56. The first kappa shape index (κ1) is 22.0. The minimum absolute atomic E-state index is 0.0326. The van der Waals surface area contributed by atoms with E-state index in [9.17, 15) is 13.5 Å². The van der Waals surface area contributed by atoms with E-state index in [2.05, 4.69) is 18.2 Å². The van der Waals surface area contributed by atoms with E-state index in [1.54, 1.807) is 4.31 Å². The van der Waals surface area contributed by atoms with Crippen LogP contribution in [-0.4, -0.2) is 13.5 Å². The van der Waals surface area contributed by atoms with Crippen LogP contribution in [0.15, 0.2) is 102 Å². The normalized spacial score (nSPS) is 15.2. The standard InChI is InChI=1S/C29H25NO3S/c1-2-28-26-11-7-6-10-25(26)27-20-22(13-12-21-8-4-3-5-9-21)14-19-29(27)30(28)34(32,33)24-17-15-23(31)16-18-24/h3-20,28,31H,2H2,1H3. The van der Waals surface area contributed by atoms with Crippen molar-refractivity contribution >= 4 is 27.9 Å². The van der Waals surface area contributed by atoms with Gasteiger partial charge >= 0.3 is 0 Å². The van der Waals surface area contributed by atoms with Gasteiger partial charge in [0.05, 0.1) is 16.6 Å². The van der Waals surface area contributed by atoms with Crippen molar-refractivity contribution in [1.82, 2.24) is 0 Å². The number of fused-ring (bicyclic) bond motifs is 3. The molecule has 0 saturated heterocycles. The van der Waals surface area contributed by atoms with E-state index in [4.69, 9.17) is 0 Å². The zero-order valence-corrected chi connectivity index (χ0v) is 19.6. The number of aromatic hydroxyl groups is 1. The summed E-state index contributed by atoms with van der Waals surface area (Å²) in [5, 5.41) is 9.67. The first-order valence-electron chi connectivity index (χ1n) is 11.3. The van der Waals surface area contributed by atoms with Crippen LogP contribution in [0, 0.1) is 0 Å². The topological polar surface area (TPSA) is 57.6 Å². The number of nitrogens with zero attached hydrogens (tertiary/aromatic N) is 1. The number of rotatable bonds is 5. The molecule has 1 heterocycles. The number of hydrogen-bond acceptors (Lipinski definition) is 3. The van der Waals surface area contributed by atoms with Gasteiger partial charge in [-0.1, -0.05) is 79.7 Å². The van der Waals surface area contributed by atoms with E-state index >= 15 is 0 Å². The van der Waals surface area contributed by atoms with E-state index in [1.807, 2.05) is 73.7 Å². The Balaban J connectivity index is 1.66. The van der Waals surface area contributed by atoms with Crippen LogP contribution >= 0.6 is 0 Å². The van der Waals surface area contributed by atoms with Gasteiger partial charge in [-0.2, -0.15) is 0 Å². The second-order valence-corrected chi connectivity index (χ2v) is 10.1. The summed E-state index contributed by atoms with van der Waals surface area (Å²) in [6, 6.07) is 29.4. The third-order valence-electron chi connectivity index (χ3n) is 6.20. The Morgan fingerprint density at radius 3 is 2.21 bits per heavy atom. The zero-order chi connectivity index (χ0) is 23.7. The molecule has 0 bridgehead atoms. The van der Waals surface area contributed by atoms with Crippen LogP contribution in [-0.2, 0) is 10.0 Å². The second kappa shape index (κ2) is 8.84. The summed E-state index contributed by atoms with van der Waals surface area (Å²) in [6.45, 7) is 2.00.